The van der Waals surface area contributed by atoms with Crippen LogP contribution in [-0.2, 0) is 10.8 Å². The molecule has 116 valence electrons. The first-order valence-electron chi connectivity index (χ1n) is 7.27. The van der Waals surface area contributed by atoms with E-state index in [4.69, 9.17) is 0 Å². The number of amides is 2. The van der Waals surface area contributed by atoms with Gasteiger partial charge in [0.25, 0.3) is 0 Å². The molecule has 21 heavy (non-hydrogen) atoms. The van der Waals surface area contributed by atoms with Crippen LogP contribution in [0.25, 0.3) is 0 Å². The Kier molecular flexibility index (Phi) is 5.61. The van der Waals surface area contributed by atoms with E-state index < -0.39 is 10.8 Å². The second kappa shape index (κ2) is 7.45. The summed E-state index contributed by atoms with van der Waals surface area (Å²) >= 11 is 0. The average Bonchev–Trinajstić information content (AvgIpc) is 2.92. The third-order valence-electron chi connectivity index (χ3n) is 3.58. The third kappa shape index (κ3) is 4.74. The minimum atomic E-state index is -0.885. The van der Waals surface area contributed by atoms with Crippen molar-refractivity contribution >= 4 is 28.2 Å². The highest BCUT2D eigenvalue weighted by Crippen LogP contribution is 2.26. The van der Waals surface area contributed by atoms with Gasteiger partial charge in [-0.1, -0.05) is 0 Å². The summed E-state index contributed by atoms with van der Waals surface area (Å²) in [7, 11) is -0.885. The first-order chi connectivity index (χ1) is 10.1. The largest absolute Gasteiger partial charge is 0.371 e. The molecule has 1 aliphatic rings. The van der Waals surface area contributed by atoms with Crippen LogP contribution in [0.3, 0.4) is 0 Å². The molecule has 0 spiro atoms. The molecule has 0 bridgehead atoms. The van der Waals surface area contributed by atoms with Crippen LogP contribution in [0.2, 0.25) is 0 Å². The van der Waals surface area contributed by atoms with Crippen molar-refractivity contribution < 1.29 is 9.00 Å². The maximum Gasteiger partial charge on any atom is 0.319 e. The number of nitrogens with zero attached hydrogens (tertiary/aromatic N) is 1. The monoisotopic (exact) mass is 309 g/mol. The molecule has 1 saturated heterocycles. The van der Waals surface area contributed by atoms with Crippen molar-refractivity contribution in [3.05, 3.63) is 23.8 Å². The highest BCUT2D eigenvalue weighted by atomic mass is 32.2. The van der Waals surface area contributed by atoms with Gasteiger partial charge in [-0.2, -0.15) is 0 Å². The van der Waals surface area contributed by atoms with Gasteiger partial charge in [0.15, 0.2) is 0 Å². The Labute approximate surface area is 128 Å². The van der Waals surface area contributed by atoms with E-state index in [2.05, 4.69) is 28.5 Å². The fourth-order valence-electron chi connectivity index (χ4n) is 2.53. The number of nitrogens with one attached hydrogen (secondary N) is 2. The molecule has 1 aromatic carbocycles. The third-order valence-corrected chi connectivity index (χ3v) is 4.36. The van der Waals surface area contributed by atoms with Gasteiger partial charge in [0, 0.05) is 53.8 Å². The second-order valence-corrected chi connectivity index (χ2v) is 6.91. The molecule has 2 N–H and O–H groups in total. The van der Waals surface area contributed by atoms with Crippen molar-refractivity contribution in [3.63, 3.8) is 0 Å². The summed E-state index contributed by atoms with van der Waals surface area (Å²) in [5.74, 6) is 0.473. The molecule has 2 amide bonds. The summed E-state index contributed by atoms with van der Waals surface area (Å²) in [5.41, 5.74) is 3.20. The van der Waals surface area contributed by atoms with Crippen LogP contribution in [0.4, 0.5) is 16.2 Å². The maximum atomic E-state index is 11.7. The van der Waals surface area contributed by atoms with E-state index in [9.17, 15) is 9.00 Å². The Morgan fingerprint density at radius 1 is 1.33 bits per heavy atom. The summed E-state index contributed by atoms with van der Waals surface area (Å²) in [5, 5.41) is 5.50. The zero-order valence-electron chi connectivity index (χ0n) is 12.6. The van der Waals surface area contributed by atoms with Gasteiger partial charge in [-0.05, 0) is 43.5 Å². The number of carbonyl (C=O) groups excluding carboxylic acids is 1. The van der Waals surface area contributed by atoms with E-state index in [1.54, 1.807) is 6.26 Å². The molecular formula is C15H23N3O2S. The predicted octanol–water partition coefficient (Wildman–Crippen LogP) is 2.10. The minimum absolute atomic E-state index is 0.256. The van der Waals surface area contributed by atoms with E-state index in [1.807, 2.05) is 12.1 Å². The molecule has 0 aliphatic carbocycles. The first kappa shape index (κ1) is 15.8. The van der Waals surface area contributed by atoms with Crippen molar-refractivity contribution in [3.8, 4) is 0 Å². The lowest BCUT2D eigenvalue weighted by atomic mass is 10.1. The zero-order valence-corrected chi connectivity index (χ0v) is 13.5. The minimum Gasteiger partial charge on any atom is -0.371 e. The molecule has 0 aromatic heterocycles. The number of urea groups is 1. The Balaban J connectivity index is 1.90. The van der Waals surface area contributed by atoms with E-state index in [0.717, 1.165) is 18.8 Å². The Morgan fingerprint density at radius 2 is 2.05 bits per heavy atom. The van der Waals surface area contributed by atoms with E-state index in [-0.39, 0.29) is 6.03 Å². The van der Waals surface area contributed by atoms with Gasteiger partial charge in [0.1, 0.15) is 0 Å². The lowest BCUT2D eigenvalue weighted by Crippen LogP contribution is -2.31. The van der Waals surface area contributed by atoms with E-state index >= 15 is 0 Å². The number of hydrogen-bond acceptors (Lipinski definition) is 3. The summed E-state index contributed by atoms with van der Waals surface area (Å²) in [6, 6.07) is 5.73. The molecule has 1 atom stereocenters. The van der Waals surface area contributed by atoms with Crippen LogP contribution >= 0.6 is 0 Å². The van der Waals surface area contributed by atoms with Crippen LogP contribution in [0.5, 0.6) is 0 Å². The highest BCUT2D eigenvalue weighted by molar-refractivity contribution is 7.84. The normalized spacial score (nSPS) is 15.8. The van der Waals surface area contributed by atoms with Crippen LogP contribution in [-0.4, -0.2) is 41.9 Å². The number of benzene rings is 1. The fraction of sp³-hybridized carbons (Fsp3) is 0.533. The number of rotatable bonds is 5. The molecule has 1 aliphatic heterocycles. The average molecular weight is 309 g/mol. The Bertz CT molecular complexity index is 528. The molecule has 6 heteroatoms. The fourth-order valence-corrected chi connectivity index (χ4v) is 2.92. The lowest BCUT2D eigenvalue weighted by Gasteiger charge is -2.20. The summed E-state index contributed by atoms with van der Waals surface area (Å²) < 4.78 is 10.9. The molecule has 1 heterocycles. The zero-order chi connectivity index (χ0) is 15.2. The summed E-state index contributed by atoms with van der Waals surface area (Å²) in [6.45, 7) is 4.71. The van der Waals surface area contributed by atoms with Crippen LogP contribution < -0.4 is 15.5 Å². The van der Waals surface area contributed by atoms with E-state index in [1.165, 1.54) is 24.1 Å². The maximum absolute atomic E-state index is 11.7. The summed E-state index contributed by atoms with van der Waals surface area (Å²) in [6.07, 6.45) is 4.13. The van der Waals surface area contributed by atoms with Gasteiger partial charge < -0.3 is 15.5 Å². The standard InChI is InChI=1S/C15H23N3O2S/c1-12-11-13(17-15(19)16-7-10-21(2)20)5-6-14(12)18-8-3-4-9-18/h5-6,11H,3-4,7-10H2,1-2H3,(H2,16,17,19)/t21-/m1/s1. The molecule has 1 aromatic rings. The van der Waals surface area contributed by atoms with Crippen LogP contribution in [0, 0.1) is 6.92 Å². The lowest BCUT2D eigenvalue weighted by molar-refractivity contribution is 0.252. The van der Waals surface area contributed by atoms with E-state index in [0.29, 0.717) is 12.3 Å². The molecule has 1 fully saturated rings. The van der Waals surface area contributed by atoms with Gasteiger partial charge in [-0.25, -0.2) is 4.79 Å². The smallest absolute Gasteiger partial charge is 0.319 e. The SMILES string of the molecule is Cc1cc(NC(=O)NCC[S@@](C)=O)ccc1N1CCCC1. The molecule has 5 nitrogen and oxygen atoms in total. The number of anilines is 2. The number of hydrogen-bond donors (Lipinski definition) is 2. The Hall–Kier alpha value is -1.56. The van der Waals surface area contributed by atoms with Crippen molar-refractivity contribution in [2.45, 2.75) is 19.8 Å². The van der Waals surface area contributed by atoms with Gasteiger partial charge in [0.05, 0.1) is 0 Å². The quantitative estimate of drug-likeness (QED) is 0.875. The number of aryl methyl sites for hydroxylation is 1. The van der Waals surface area contributed by atoms with Crippen LogP contribution in [0.15, 0.2) is 18.2 Å². The summed E-state index contributed by atoms with van der Waals surface area (Å²) in [4.78, 5) is 14.1. The topological polar surface area (TPSA) is 61.4 Å². The number of carbonyl (C=O) groups is 1. The van der Waals surface area contributed by atoms with Crippen molar-refractivity contribution in [1.29, 1.82) is 0 Å². The Morgan fingerprint density at radius 3 is 2.67 bits per heavy atom. The van der Waals surface area contributed by atoms with Gasteiger partial charge in [0.2, 0.25) is 0 Å². The highest BCUT2D eigenvalue weighted by Gasteiger charge is 2.14. The molecule has 0 saturated carbocycles. The predicted molar refractivity (Wildman–Crippen MR) is 88.6 cm³/mol. The van der Waals surface area contributed by atoms with Gasteiger partial charge in [-0.3, -0.25) is 4.21 Å². The molecular weight excluding hydrogens is 286 g/mol. The van der Waals surface area contributed by atoms with Gasteiger partial charge in [-0.15, -0.1) is 0 Å². The first-order valence-corrected chi connectivity index (χ1v) is 8.99. The molecule has 0 unspecified atom stereocenters. The van der Waals surface area contributed by atoms with Crippen LogP contribution in [0.1, 0.15) is 18.4 Å². The van der Waals surface area contributed by atoms with Crippen molar-refractivity contribution in [2.24, 2.45) is 0 Å². The van der Waals surface area contributed by atoms with Gasteiger partial charge >= 0.3 is 6.03 Å². The second-order valence-electron chi connectivity index (χ2n) is 5.35. The van der Waals surface area contributed by atoms with Crippen molar-refractivity contribution in [1.82, 2.24) is 5.32 Å². The molecule has 0 radical (unpaired) electrons. The van der Waals surface area contributed by atoms with Crippen molar-refractivity contribution in [2.75, 3.05) is 41.9 Å². The molecule has 2 rings (SSSR count).